The minimum absolute atomic E-state index is 0.200. The Balaban J connectivity index is 1.82. The summed E-state index contributed by atoms with van der Waals surface area (Å²) in [6.45, 7) is 3.63. The molecule has 3 unspecified atom stereocenters. The molecule has 0 saturated carbocycles. The van der Waals surface area contributed by atoms with Crippen LogP contribution in [0.2, 0.25) is 0 Å². The number of aryl methyl sites for hydroxylation is 1. The molecule has 0 bridgehead atoms. The third-order valence-electron chi connectivity index (χ3n) is 5.07. The lowest BCUT2D eigenvalue weighted by Gasteiger charge is -2.42. The second-order valence-corrected chi connectivity index (χ2v) is 6.27. The molecule has 3 rings (SSSR count). The lowest BCUT2D eigenvalue weighted by molar-refractivity contribution is 0.114. The van der Waals surface area contributed by atoms with E-state index < -0.39 is 0 Å². The Kier molecular flexibility index (Phi) is 3.90. The number of rotatable bonds is 1. The maximum absolute atomic E-state index is 6.59. The van der Waals surface area contributed by atoms with Gasteiger partial charge in [-0.15, -0.1) is 0 Å². The summed E-state index contributed by atoms with van der Waals surface area (Å²) in [5.74, 6) is 0. The fourth-order valence-corrected chi connectivity index (χ4v) is 3.94. The van der Waals surface area contributed by atoms with E-state index >= 15 is 0 Å². The number of likely N-dealkylation sites (tertiary alicyclic amines) is 1. The Bertz CT molecular complexity index is 429. The Hall–Kier alpha value is -0.860. The molecular formula is C17H26N2. The van der Waals surface area contributed by atoms with Crippen molar-refractivity contribution in [2.75, 3.05) is 6.54 Å². The van der Waals surface area contributed by atoms with Gasteiger partial charge in [-0.1, -0.05) is 37.1 Å². The van der Waals surface area contributed by atoms with E-state index in [9.17, 15) is 0 Å². The van der Waals surface area contributed by atoms with Crippen LogP contribution in [0.25, 0.3) is 0 Å². The van der Waals surface area contributed by atoms with Crippen molar-refractivity contribution >= 4 is 0 Å². The molecule has 1 aliphatic heterocycles. The van der Waals surface area contributed by atoms with Gasteiger partial charge in [0.1, 0.15) is 0 Å². The minimum atomic E-state index is 0.200. The first-order chi connectivity index (χ1) is 9.27. The van der Waals surface area contributed by atoms with E-state index in [0.29, 0.717) is 12.1 Å². The van der Waals surface area contributed by atoms with E-state index in [1.54, 1.807) is 0 Å². The van der Waals surface area contributed by atoms with Crippen LogP contribution in [0, 0.1) is 0 Å². The molecule has 1 aromatic carbocycles. The number of nitrogens with two attached hydrogens (primary N) is 1. The van der Waals surface area contributed by atoms with Crippen LogP contribution in [-0.2, 0) is 6.42 Å². The molecule has 2 aliphatic rings. The molecule has 0 amide bonds. The van der Waals surface area contributed by atoms with E-state index in [2.05, 4.69) is 36.1 Å². The summed E-state index contributed by atoms with van der Waals surface area (Å²) in [6, 6.07) is 10.2. The third kappa shape index (κ3) is 2.56. The third-order valence-corrected chi connectivity index (χ3v) is 5.07. The fourth-order valence-electron chi connectivity index (χ4n) is 3.94. The standard InChI is InChI=1S/C17H26N2/c1-13-7-3-2-6-12-19(13)16-11-10-14-8-4-5-9-15(14)17(16)18/h4-5,8-9,13,16-17H,2-3,6-7,10-12,18H2,1H3. The lowest BCUT2D eigenvalue weighted by Crippen LogP contribution is -2.49. The van der Waals surface area contributed by atoms with E-state index in [0.717, 1.165) is 0 Å². The van der Waals surface area contributed by atoms with Gasteiger partial charge in [0.2, 0.25) is 0 Å². The van der Waals surface area contributed by atoms with Crippen LogP contribution in [0.4, 0.5) is 0 Å². The second kappa shape index (κ2) is 5.64. The van der Waals surface area contributed by atoms with Crippen molar-refractivity contribution in [2.45, 2.75) is 63.6 Å². The summed E-state index contributed by atoms with van der Waals surface area (Å²) in [6.07, 6.45) is 7.87. The van der Waals surface area contributed by atoms with Crippen LogP contribution in [0.3, 0.4) is 0 Å². The molecular weight excluding hydrogens is 232 g/mol. The first-order valence-corrected chi connectivity index (χ1v) is 7.86. The van der Waals surface area contributed by atoms with Gasteiger partial charge in [0.05, 0.1) is 0 Å². The van der Waals surface area contributed by atoms with Gasteiger partial charge in [0.25, 0.3) is 0 Å². The second-order valence-electron chi connectivity index (χ2n) is 6.27. The van der Waals surface area contributed by atoms with Crippen molar-refractivity contribution < 1.29 is 0 Å². The predicted octanol–water partition coefficient (Wildman–Crippen LogP) is 3.27. The smallest absolute Gasteiger partial charge is 0.0456 e. The minimum Gasteiger partial charge on any atom is -0.323 e. The van der Waals surface area contributed by atoms with Crippen molar-refractivity contribution in [1.29, 1.82) is 0 Å². The largest absolute Gasteiger partial charge is 0.323 e. The average molecular weight is 258 g/mol. The summed E-state index contributed by atoms with van der Waals surface area (Å²) in [7, 11) is 0. The summed E-state index contributed by atoms with van der Waals surface area (Å²) >= 11 is 0. The fraction of sp³-hybridized carbons (Fsp3) is 0.647. The van der Waals surface area contributed by atoms with Crippen LogP contribution in [0.5, 0.6) is 0 Å². The molecule has 0 radical (unpaired) electrons. The zero-order valence-corrected chi connectivity index (χ0v) is 12.0. The zero-order chi connectivity index (χ0) is 13.2. The molecule has 1 saturated heterocycles. The quantitative estimate of drug-likeness (QED) is 0.837. The van der Waals surface area contributed by atoms with Crippen LogP contribution in [0.1, 0.15) is 56.2 Å². The van der Waals surface area contributed by atoms with Crippen molar-refractivity contribution in [2.24, 2.45) is 5.73 Å². The molecule has 3 atom stereocenters. The van der Waals surface area contributed by atoms with Gasteiger partial charge in [-0.25, -0.2) is 0 Å². The average Bonchev–Trinajstić information content (AvgIpc) is 2.65. The molecule has 104 valence electrons. The topological polar surface area (TPSA) is 29.3 Å². The number of fused-ring (bicyclic) bond motifs is 1. The molecule has 0 aromatic heterocycles. The maximum atomic E-state index is 6.59. The SMILES string of the molecule is CC1CCCCCN1C1CCc2ccccc2C1N. The van der Waals surface area contributed by atoms with Crippen molar-refractivity contribution in [1.82, 2.24) is 4.90 Å². The zero-order valence-electron chi connectivity index (χ0n) is 12.0. The molecule has 1 aromatic rings. The highest BCUT2D eigenvalue weighted by atomic mass is 15.2. The Labute approximate surface area is 117 Å². The summed E-state index contributed by atoms with van der Waals surface area (Å²) in [5.41, 5.74) is 9.44. The molecule has 2 N–H and O–H groups in total. The summed E-state index contributed by atoms with van der Waals surface area (Å²) < 4.78 is 0. The Morgan fingerprint density at radius 3 is 2.84 bits per heavy atom. The van der Waals surface area contributed by atoms with Gasteiger partial charge in [0.15, 0.2) is 0 Å². The molecule has 1 fully saturated rings. The number of benzene rings is 1. The first kappa shape index (κ1) is 13.1. The van der Waals surface area contributed by atoms with Crippen molar-refractivity contribution in [3.05, 3.63) is 35.4 Å². The number of hydrogen-bond acceptors (Lipinski definition) is 2. The normalized spacial score (nSPS) is 32.6. The van der Waals surface area contributed by atoms with Crippen molar-refractivity contribution in [3.8, 4) is 0 Å². The van der Waals surface area contributed by atoms with Gasteiger partial charge < -0.3 is 5.73 Å². The van der Waals surface area contributed by atoms with E-state index in [1.807, 2.05) is 0 Å². The van der Waals surface area contributed by atoms with Gasteiger partial charge >= 0.3 is 0 Å². The van der Waals surface area contributed by atoms with E-state index in [-0.39, 0.29) is 6.04 Å². The van der Waals surface area contributed by atoms with Gasteiger partial charge in [-0.3, -0.25) is 4.90 Å². The van der Waals surface area contributed by atoms with Crippen LogP contribution >= 0.6 is 0 Å². The molecule has 2 heteroatoms. The number of hydrogen-bond donors (Lipinski definition) is 1. The maximum Gasteiger partial charge on any atom is 0.0456 e. The van der Waals surface area contributed by atoms with Gasteiger partial charge in [-0.05, 0) is 50.3 Å². The first-order valence-electron chi connectivity index (χ1n) is 7.86. The molecule has 0 spiro atoms. The van der Waals surface area contributed by atoms with Crippen LogP contribution in [-0.4, -0.2) is 23.5 Å². The van der Waals surface area contributed by atoms with Gasteiger partial charge in [-0.2, -0.15) is 0 Å². The van der Waals surface area contributed by atoms with Crippen LogP contribution < -0.4 is 5.73 Å². The molecule has 2 nitrogen and oxygen atoms in total. The van der Waals surface area contributed by atoms with Crippen LogP contribution in [0.15, 0.2) is 24.3 Å². The van der Waals surface area contributed by atoms with E-state index in [1.165, 1.54) is 56.2 Å². The van der Waals surface area contributed by atoms with Crippen molar-refractivity contribution in [3.63, 3.8) is 0 Å². The highest BCUT2D eigenvalue weighted by Gasteiger charge is 2.33. The Morgan fingerprint density at radius 2 is 1.95 bits per heavy atom. The van der Waals surface area contributed by atoms with Gasteiger partial charge in [0, 0.05) is 18.1 Å². The summed E-state index contributed by atoms with van der Waals surface area (Å²) in [4.78, 5) is 2.70. The highest BCUT2D eigenvalue weighted by Crippen LogP contribution is 2.33. The molecule has 1 aliphatic carbocycles. The number of nitrogens with zero attached hydrogens (tertiary/aromatic N) is 1. The van der Waals surface area contributed by atoms with E-state index in [4.69, 9.17) is 5.73 Å². The molecule has 1 heterocycles. The Morgan fingerprint density at radius 1 is 1.11 bits per heavy atom. The monoisotopic (exact) mass is 258 g/mol. The summed E-state index contributed by atoms with van der Waals surface area (Å²) in [5, 5.41) is 0. The molecule has 19 heavy (non-hydrogen) atoms. The predicted molar refractivity (Wildman–Crippen MR) is 80.1 cm³/mol. The highest BCUT2D eigenvalue weighted by molar-refractivity contribution is 5.33. The lowest BCUT2D eigenvalue weighted by atomic mass is 9.83.